The largest absolute Gasteiger partial charge is 0.396 e. The number of aromatic nitrogens is 1. The number of nitrogens with zero attached hydrogens (tertiary/aromatic N) is 1. The third kappa shape index (κ3) is 3.20. The molecule has 0 aliphatic heterocycles. The maximum Gasteiger partial charge on any atom is 0.225 e. The van der Waals surface area contributed by atoms with Crippen LogP contribution in [0.4, 0.5) is 11.5 Å². The molecular formula is C13H19N3O2. The smallest absolute Gasteiger partial charge is 0.225 e. The number of hydrogen-bond donors (Lipinski definition) is 2. The molecule has 3 N–H and O–H groups in total. The van der Waals surface area contributed by atoms with Crippen LogP contribution >= 0.6 is 0 Å². The molecule has 0 aromatic carbocycles. The van der Waals surface area contributed by atoms with Crippen LogP contribution in [0.5, 0.6) is 0 Å². The van der Waals surface area contributed by atoms with E-state index < -0.39 is 0 Å². The average molecular weight is 249 g/mol. The summed E-state index contributed by atoms with van der Waals surface area (Å²) in [7, 11) is 0. The molecule has 0 bridgehead atoms. The molecule has 1 fully saturated rings. The predicted molar refractivity (Wildman–Crippen MR) is 70.0 cm³/mol. The van der Waals surface area contributed by atoms with E-state index >= 15 is 0 Å². The molecular weight excluding hydrogens is 230 g/mol. The first-order valence-electron chi connectivity index (χ1n) is 6.31. The summed E-state index contributed by atoms with van der Waals surface area (Å²) in [6, 6.07) is 3.46. The van der Waals surface area contributed by atoms with Gasteiger partial charge in [0.1, 0.15) is 0 Å². The molecule has 0 spiro atoms. The van der Waals surface area contributed by atoms with Crippen LogP contribution in [-0.2, 0) is 9.53 Å². The molecule has 1 aromatic heterocycles. The summed E-state index contributed by atoms with van der Waals surface area (Å²) in [5.74, 6) is 0.843. The van der Waals surface area contributed by atoms with E-state index in [2.05, 4.69) is 10.3 Å². The molecule has 1 saturated carbocycles. The van der Waals surface area contributed by atoms with E-state index in [0.717, 1.165) is 19.4 Å². The van der Waals surface area contributed by atoms with Crippen molar-refractivity contribution in [2.24, 2.45) is 5.92 Å². The highest BCUT2D eigenvalue weighted by molar-refractivity contribution is 5.92. The number of hydrogen-bond acceptors (Lipinski definition) is 4. The number of nitrogens with two attached hydrogens (primary N) is 1. The fourth-order valence-corrected chi connectivity index (χ4v) is 2.18. The molecule has 18 heavy (non-hydrogen) atoms. The summed E-state index contributed by atoms with van der Waals surface area (Å²) in [4.78, 5) is 15.8. The molecule has 1 aromatic rings. The zero-order valence-electron chi connectivity index (χ0n) is 10.6. The minimum atomic E-state index is -0.0275. The van der Waals surface area contributed by atoms with Crippen molar-refractivity contribution in [3.05, 3.63) is 18.3 Å². The molecule has 0 atom stereocenters. The second-order valence-electron chi connectivity index (χ2n) is 4.61. The summed E-state index contributed by atoms with van der Waals surface area (Å²) in [5.41, 5.74) is 6.20. The molecule has 0 radical (unpaired) electrons. The molecule has 1 heterocycles. The fraction of sp³-hybridized carbons (Fsp3) is 0.538. The van der Waals surface area contributed by atoms with Gasteiger partial charge in [-0.2, -0.15) is 0 Å². The number of anilines is 2. The highest BCUT2D eigenvalue weighted by atomic mass is 16.5. The number of ether oxygens (including phenoxy) is 1. The van der Waals surface area contributed by atoms with Gasteiger partial charge in [-0.3, -0.25) is 4.79 Å². The van der Waals surface area contributed by atoms with Crippen molar-refractivity contribution >= 4 is 17.4 Å². The summed E-state index contributed by atoms with van der Waals surface area (Å²) in [6.07, 6.45) is 4.41. The molecule has 0 saturated heterocycles. The first-order valence-corrected chi connectivity index (χ1v) is 6.31. The maximum absolute atomic E-state index is 11.8. The number of carbonyl (C=O) groups is 1. The number of rotatable bonds is 5. The van der Waals surface area contributed by atoms with E-state index in [4.69, 9.17) is 10.5 Å². The Bertz CT molecular complexity index is 416. The second kappa shape index (κ2) is 5.82. The van der Waals surface area contributed by atoms with Gasteiger partial charge in [0.15, 0.2) is 5.82 Å². The number of nitrogens with one attached hydrogen (secondary N) is 1. The monoisotopic (exact) mass is 249 g/mol. The van der Waals surface area contributed by atoms with E-state index in [-0.39, 0.29) is 5.91 Å². The molecule has 1 amide bonds. The summed E-state index contributed by atoms with van der Waals surface area (Å²) >= 11 is 0. The SMILES string of the molecule is CCOC1CC(CC(=O)Nc2ncccc2N)C1. The molecule has 98 valence electrons. The van der Waals surface area contributed by atoms with Gasteiger partial charge in [-0.05, 0) is 37.8 Å². The number of carbonyl (C=O) groups excluding carboxylic acids is 1. The van der Waals surface area contributed by atoms with Crippen LogP contribution in [0, 0.1) is 5.92 Å². The number of amides is 1. The van der Waals surface area contributed by atoms with Gasteiger partial charge in [-0.15, -0.1) is 0 Å². The van der Waals surface area contributed by atoms with Crippen molar-refractivity contribution < 1.29 is 9.53 Å². The summed E-state index contributed by atoms with van der Waals surface area (Å²) in [6.45, 7) is 2.73. The Morgan fingerprint density at radius 2 is 2.39 bits per heavy atom. The predicted octanol–water partition coefficient (Wildman–Crippen LogP) is 1.81. The molecule has 5 heteroatoms. The lowest BCUT2D eigenvalue weighted by atomic mass is 9.80. The molecule has 1 aliphatic rings. The molecule has 2 rings (SSSR count). The van der Waals surface area contributed by atoms with E-state index in [0.29, 0.717) is 29.9 Å². The van der Waals surface area contributed by atoms with Gasteiger partial charge in [-0.25, -0.2) is 4.98 Å². The lowest BCUT2D eigenvalue weighted by Crippen LogP contribution is -2.34. The van der Waals surface area contributed by atoms with Crippen molar-refractivity contribution in [3.8, 4) is 0 Å². The van der Waals surface area contributed by atoms with Crippen molar-refractivity contribution in [1.29, 1.82) is 0 Å². The van der Waals surface area contributed by atoms with Crippen molar-refractivity contribution in [2.75, 3.05) is 17.7 Å². The standard InChI is InChI=1S/C13H19N3O2/c1-2-18-10-6-9(7-10)8-12(17)16-13-11(14)4-3-5-15-13/h3-5,9-10H,2,6-8,14H2,1H3,(H,15,16,17). The van der Waals surface area contributed by atoms with Crippen molar-refractivity contribution in [2.45, 2.75) is 32.3 Å². The quantitative estimate of drug-likeness (QED) is 0.834. The van der Waals surface area contributed by atoms with E-state index in [1.165, 1.54) is 0 Å². The fourth-order valence-electron chi connectivity index (χ4n) is 2.18. The van der Waals surface area contributed by atoms with Gasteiger partial charge >= 0.3 is 0 Å². The summed E-state index contributed by atoms with van der Waals surface area (Å²) < 4.78 is 5.46. The number of pyridine rings is 1. The van der Waals surface area contributed by atoms with Crippen LogP contribution in [0.25, 0.3) is 0 Å². The van der Waals surface area contributed by atoms with Crippen molar-refractivity contribution in [3.63, 3.8) is 0 Å². The topological polar surface area (TPSA) is 77.2 Å². The van der Waals surface area contributed by atoms with Crippen LogP contribution in [0.2, 0.25) is 0 Å². The second-order valence-corrected chi connectivity index (χ2v) is 4.61. The van der Waals surface area contributed by atoms with Gasteiger partial charge in [0.2, 0.25) is 5.91 Å². The van der Waals surface area contributed by atoms with Crippen molar-refractivity contribution in [1.82, 2.24) is 4.98 Å². The first kappa shape index (κ1) is 12.8. The van der Waals surface area contributed by atoms with Gasteiger partial charge in [0.05, 0.1) is 11.8 Å². The Morgan fingerprint density at radius 1 is 1.61 bits per heavy atom. The minimum Gasteiger partial charge on any atom is -0.396 e. The van der Waals surface area contributed by atoms with Gasteiger partial charge in [0.25, 0.3) is 0 Å². The Hall–Kier alpha value is -1.62. The normalized spacial score (nSPS) is 22.3. The summed E-state index contributed by atoms with van der Waals surface area (Å²) in [5, 5.41) is 2.74. The van der Waals surface area contributed by atoms with Gasteiger partial charge in [-0.1, -0.05) is 0 Å². The Labute approximate surface area is 107 Å². The zero-order chi connectivity index (χ0) is 13.0. The van der Waals surface area contributed by atoms with E-state index in [1.807, 2.05) is 6.92 Å². The number of nitrogen functional groups attached to an aromatic ring is 1. The van der Waals surface area contributed by atoms with Crippen LogP contribution in [-0.4, -0.2) is 23.6 Å². The lowest BCUT2D eigenvalue weighted by Gasteiger charge is -2.34. The van der Waals surface area contributed by atoms with Crippen LogP contribution in [0.15, 0.2) is 18.3 Å². The molecule has 1 aliphatic carbocycles. The average Bonchev–Trinajstić information content (AvgIpc) is 2.29. The maximum atomic E-state index is 11.8. The zero-order valence-corrected chi connectivity index (χ0v) is 10.6. The lowest BCUT2D eigenvalue weighted by molar-refractivity contribution is -0.119. The Balaban J connectivity index is 1.75. The van der Waals surface area contributed by atoms with Gasteiger partial charge in [0, 0.05) is 19.2 Å². The molecule has 5 nitrogen and oxygen atoms in total. The first-order chi connectivity index (χ1) is 8.69. The Kier molecular flexibility index (Phi) is 4.15. The van der Waals surface area contributed by atoms with E-state index in [9.17, 15) is 4.79 Å². The van der Waals surface area contributed by atoms with E-state index in [1.54, 1.807) is 18.3 Å². The third-order valence-electron chi connectivity index (χ3n) is 3.17. The molecule has 0 unspecified atom stereocenters. The minimum absolute atomic E-state index is 0.0275. The highest BCUT2D eigenvalue weighted by Gasteiger charge is 2.31. The highest BCUT2D eigenvalue weighted by Crippen LogP contribution is 2.32. The van der Waals surface area contributed by atoms with Crippen LogP contribution in [0.1, 0.15) is 26.2 Å². The van der Waals surface area contributed by atoms with Crippen LogP contribution in [0.3, 0.4) is 0 Å². The van der Waals surface area contributed by atoms with Crippen LogP contribution < -0.4 is 11.1 Å². The third-order valence-corrected chi connectivity index (χ3v) is 3.17. The van der Waals surface area contributed by atoms with Gasteiger partial charge < -0.3 is 15.8 Å². The Morgan fingerprint density at radius 3 is 3.06 bits per heavy atom.